The third-order valence-corrected chi connectivity index (χ3v) is 3.88. The predicted octanol–water partition coefficient (Wildman–Crippen LogP) is 3.28. The predicted molar refractivity (Wildman–Crippen MR) is 93.0 cm³/mol. The highest BCUT2D eigenvalue weighted by Crippen LogP contribution is 2.39. The van der Waals surface area contributed by atoms with Gasteiger partial charge in [0, 0.05) is 29.4 Å². The van der Waals surface area contributed by atoms with Crippen molar-refractivity contribution in [2.45, 2.75) is 0 Å². The van der Waals surface area contributed by atoms with Crippen LogP contribution in [0.4, 0.5) is 0 Å². The van der Waals surface area contributed by atoms with E-state index in [9.17, 15) is 0 Å². The molecule has 1 aromatic heterocycles. The normalized spacial score (nSPS) is 11.3. The quantitative estimate of drug-likeness (QED) is 0.758. The number of ether oxygens (including phenoxy) is 3. The molecule has 0 bridgehead atoms. The number of methoxy groups -OCH3 is 2. The number of aromatic nitrogens is 1. The Bertz CT molecular complexity index is 824. The number of H-pyrrole nitrogens is 1. The molecule has 0 saturated heterocycles. The molecule has 0 radical (unpaired) electrons. The minimum atomic E-state index is 0.641. The molecule has 1 N–H and O–H groups in total. The Morgan fingerprint density at radius 3 is 2.57 bits per heavy atom. The van der Waals surface area contributed by atoms with Crippen molar-refractivity contribution in [1.82, 2.24) is 9.88 Å². The lowest BCUT2D eigenvalue weighted by Crippen LogP contribution is -2.19. The van der Waals surface area contributed by atoms with Gasteiger partial charge in [-0.05, 0) is 20.2 Å². The molecule has 3 rings (SSSR count). The summed E-state index contributed by atoms with van der Waals surface area (Å²) in [5.41, 5.74) is 1.95. The van der Waals surface area contributed by atoms with E-state index in [0.29, 0.717) is 6.61 Å². The minimum absolute atomic E-state index is 0.641. The summed E-state index contributed by atoms with van der Waals surface area (Å²) in [7, 11) is 7.39. The van der Waals surface area contributed by atoms with E-state index in [1.165, 1.54) is 0 Å². The highest BCUT2D eigenvalue weighted by Gasteiger charge is 2.14. The highest BCUT2D eigenvalue weighted by molar-refractivity contribution is 6.12. The highest BCUT2D eigenvalue weighted by atomic mass is 16.5. The van der Waals surface area contributed by atoms with Gasteiger partial charge >= 0.3 is 0 Å². The van der Waals surface area contributed by atoms with Crippen LogP contribution in [0.1, 0.15) is 0 Å². The Hall–Kier alpha value is -2.40. The number of fused-ring (bicyclic) bond motifs is 3. The Labute approximate surface area is 135 Å². The van der Waals surface area contributed by atoms with Gasteiger partial charge in [0.2, 0.25) is 0 Å². The van der Waals surface area contributed by atoms with Gasteiger partial charge in [-0.15, -0.1) is 0 Å². The first-order valence-electron chi connectivity index (χ1n) is 7.58. The first-order chi connectivity index (χ1) is 11.1. The summed E-state index contributed by atoms with van der Waals surface area (Å²) in [6, 6.07) is 9.93. The molecule has 2 aromatic carbocycles. The molecule has 23 heavy (non-hydrogen) atoms. The third kappa shape index (κ3) is 2.92. The van der Waals surface area contributed by atoms with Crippen LogP contribution >= 0.6 is 0 Å². The monoisotopic (exact) mass is 314 g/mol. The van der Waals surface area contributed by atoms with Crippen molar-refractivity contribution in [3.8, 4) is 17.2 Å². The Morgan fingerprint density at radius 1 is 1.04 bits per heavy atom. The van der Waals surface area contributed by atoms with E-state index in [-0.39, 0.29) is 0 Å². The summed E-state index contributed by atoms with van der Waals surface area (Å²) in [4.78, 5) is 5.53. The van der Waals surface area contributed by atoms with E-state index < -0.39 is 0 Å². The summed E-state index contributed by atoms with van der Waals surface area (Å²) < 4.78 is 16.8. The fourth-order valence-electron chi connectivity index (χ4n) is 2.71. The summed E-state index contributed by atoms with van der Waals surface area (Å²) >= 11 is 0. The third-order valence-electron chi connectivity index (χ3n) is 3.88. The van der Waals surface area contributed by atoms with E-state index in [4.69, 9.17) is 14.2 Å². The topological polar surface area (TPSA) is 46.7 Å². The molecule has 0 aliphatic carbocycles. The van der Waals surface area contributed by atoms with Gasteiger partial charge in [0.1, 0.15) is 23.9 Å². The SMILES string of the molecule is COc1cc(OC)c2c(c1)[nH]c1c(OCCN(C)C)cccc12. The van der Waals surface area contributed by atoms with E-state index in [0.717, 1.165) is 45.6 Å². The van der Waals surface area contributed by atoms with Gasteiger partial charge in [0.15, 0.2) is 0 Å². The van der Waals surface area contributed by atoms with Gasteiger partial charge in [0.25, 0.3) is 0 Å². The second-order valence-corrected chi connectivity index (χ2v) is 5.71. The number of hydrogen-bond donors (Lipinski definition) is 1. The minimum Gasteiger partial charge on any atom is -0.497 e. The van der Waals surface area contributed by atoms with Gasteiger partial charge in [-0.3, -0.25) is 0 Å². The van der Waals surface area contributed by atoms with Crippen LogP contribution in [0, 0.1) is 0 Å². The van der Waals surface area contributed by atoms with Crippen LogP contribution in [0.25, 0.3) is 21.8 Å². The number of nitrogens with zero attached hydrogens (tertiary/aromatic N) is 1. The van der Waals surface area contributed by atoms with Crippen LogP contribution in [0.5, 0.6) is 17.2 Å². The van der Waals surface area contributed by atoms with E-state index in [1.54, 1.807) is 14.2 Å². The zero-order valence-electron chi connectivity index (χ0n) is 14.0. The van der Waals surface area contributed by atoms with Crippen LogP contribution in [0.15, 0.2) is 30.3 Å². The number of hydrogen-bond acceptors (Lipinski definition) is 4. The van der Waals surface area contributed by atoms with Gasteiger partial charge in [-0.2, -0.15) is 0 Å². The molecule has 0 unspecified atom stereocenters. The molecule has 0 spiro atoms. The molecule has 0 aliphatic heterocycles. The van der Waals surface area contributed by atoms with Gasteiger partial charge < -0.3 is 24.1 Å². The summed E-state index contributed by atoms with van der Waals surface area (Å²) in [5, 5.41) is 2.13. The summed E-state index contributed by atoms with van der Waals surface area (Å²) in [6.45, 7) is 1.51. The number of para-hydroxylation sites is 1. The molecule has 0 amide bonds. The molecule has 5 nitrogen and oxygen atoms in total. The van der Waals surface area contributed by atoms with Gasteiger partial charge in [-0.25, -0.2) is 0 Å². The van der Waals surface area contributed by atoms with Crippen molar-refractivity contribution in [1.29, 1.82) is 0 Å². The van der Waals surface area contributed by atoms with Crippen molar-refractivity contribution >= 4 is 21.8 Å². The lowest BCUT2D eigenvalue weighted by Gasteiger charge is -2.11. The Kier molecular flexibility index (Phi) is 4.30. The number of aromatic amines is 1. The fourth-order valence-corrected chi connectivity index (χ4v) is 2.71. The molecule has 5 heteroatoms. The average Bonchev–Trinajstić information content (AvgIpc) is 2.93. The molecule has 0 fully saturated rings. The first-order valence-corrected chi connectivity index (χ1v) is 7.58. The van der Waals surface area contributed by atoms with E-state index in [1.807, 2.05) is 38.4 Å². The lowest BCUT2D eigenvalue weighted by atomic mass is 10.1. The molecule has 0 saturated carbocycles. The van der Waals surface area contributed by atoms with E-state index >= 15 is 0 Å². The first kappa shape index (κ1) is 15.5. The average molecular weight is 314 g/mol. The largest absolute Gasteiger partial charge is 0.497 e. The van der Waals surface area contributed by atoms with Crippen molar-refractivity contribution in [3.05, 3.63) is 30.3 Å². The summed E-state index contributed by atoms with van der Waals surface area (Å²) in [5.74, 6) is 2.40. The maximum atomic E-state index is 5.94. The molecule has 3 aromatic rings. The maximum Gasteiger partial charge on any atom is 0.143 e. The van der Waals surface area contributed by atoms with Crippen LogP contribution in [-0.2, 0) is 0 Å². The maximum absolute atomic E-state index is 5.94. The zero-order valence-corrected chi connectivity index (χ0v) is 14.0. The zero-order chi connectivity index (χ0) is 16.4. The summed E-state index contributed by atoms with van der Waals surface area (Å²) in [6.07, 6.45) is 0. The molecular formula is C18H22N2O3. The van der Waals surface area contributed by atoms with Crippen molar-refractivity contribution in [2.75, 3.05) is 41.5 Å². The van der Waals surface area contributed by atoms with Gasteiger partial charge in [-0.1, -0.05) is 12.1 Å². The van der Waals surface area contributed by atoms with Crippen molar-refractivity contribution < 1.29 is 14.2 Å². The second kappa shape index (κ2) is 6.38. The molecular weight excluding hydrogens is 292 g/mol. The lowest BCUT2D eigenvalue weighted by molar-refractivity contribution is 0.263. The van der Waals surface area contributed by atoms with Crippen LogP contribution in [0.3, 0.4) is 0 Å². The van der Waals surface area contributed by atoms with Crippen molar-refractivity contribution in [2.24, 2.45) is 0 Å². The number of rotatable bonds is 6. The molecule has 122 valence electrons. The molecule has 0 atom stereocenters. The van der Waals surface area contributed by atoms with Crippen LogP contribution in [0.2, 0.25) is 0 Å². The van der Waals surface area contributed by atoms with Crippen LogP contribution in [-0.4, -0.2) is 51.4 Å². The van der Waals surface area contributed by atoms with E-state index in [2.05, 4.69) is 16.0 Å². The Morgan fingerprint density at radius 2 is 1.87 bits per heavy atom. The van der Waals surface area contributed by atoms with Gasteiger partial charge in [0.05, 0.1) is 25.3 Å². The molecule has 0 aliphatic rings. The second-order valence-electron chi connectivity index (χ2n) is 5.71. The number of likely N-dealkylation sites (N-methyl/N-ethyl adjacent to an activating group) is 1. The Balaban J connectivity index is 2.11. The van der Waals surface area contributed by atoms with Crippen molar-refractivity contribution in [3.63, 3.8) is 0 Å². The number of benzene rings is 2. The molecule has 1 heterocycles. The standard InChI is InChI=1S/C18H22N2O3/c1-20(2)8-9-23-15-7-5-6-13-17-14(19-18(13)15)10-12(21-3)11-16(17)22-4/h5-7,10-11,19H,8-9H2,1-4H3. The van der Waals surface area contributed by atoms with Crippen LogP contribution < -0.4 is 14.2 Å². The smallest absolute Gasteiger partial charge is 0.143 e. The fraction of sp³-hybridized carbons (Fsp3) is 0.333. The number of nitrogens with one attached hydrogen (secondary N) is 1.